The Morgan fingerprint density at radius 3 is 2.11 bits per heavy atom. The Balaban J connectivity index is 1.70. The van der Waals surface area contributed by atoms with Crippen molar-refractivity contribution >= 4 is 46.1 Å². The summed E-state index contributed by atoms with van der Waals surface area (Å²) in [5, 5.41) is 9.72. The third-order valence-electron chi connectivity index (χ3n) is 7.76. The van der Waals surface area contributed by atoms with E-state index in [0.717, 1.165) is 50.2 Å². The number of amides is 1. The number of aromatic nitrogens is 1. The number of thiocarbonyl (C=S) groups is 1. The van der Waals surface area contributed by atoms with Crippen molar-refractivity contribution in [3.05, 3.63) is 31.9 Å². The van der Waals surface area contributed by atoms with Crippen LogP contribution in [0.5, 0.6) is 0 Å². The Morgan fingerprint density at radius 1 is 0.947 bits per heavy atom. The van der Waals surface area contributed by atoms with Gasteiger partial charge in [0.2, 0.25) is 0 Å². The van der Waals surface area contributed by atoms with Crippen LogP contribution in [0.3, 0.4) is 0 Å². The van der Waals surface area contributed by atoms with E-state index < -0.39 is 0 Å². The summed E-state index contributed by atoms with van der Waals surface area (Å²) in [5.74, 6) is 0.734. The molecule has 1 aromatic heterocycles. The van der Waals surface area contributed by atoms with Crippen LogP contribution in [0, 0.1) is 18.3 Å². The summed E-state index contributed by atoms with van der Waals surface area (Å²) in [5.41, 5.74) is 1.27. The van der Waals surface area contributed by atoms with Gasteiger partial charge in [-0.05, 0) is 37.8 Å². The molecule has 0 saturated carbocycles. The van der Waals surface area contributed by atoms with Gasteiger partial charge in [-0.2, -0.15) is 5.26 Å². The molecule has 0 radical (unpaired) electrons. The fourth-order valence-electron chi connectivity index (χ4n) is 5.46. The van der Waals surface area contributed by atoms with Gasteiger partial charge in [-0.3, -0.25) is 19.1 Å². The average Bonchev–Trinajstić information content (AvgIpc) is 3.07. The summed E-state index contributed by atoms with van der Waals surface area (Å²) in [6.07, 6.45) is 18.8. The van der Waals surface area contributed by atoms with Crippen molar-refractivity contribution in [3.8, 4) is 6.07 Å². The van der Waals surface area contributed by atoms with E-state index in [1.807, 2.05) is 13.0 Å². The fourth-order valence-corrected chi connectivity index (χ4v) is 6.75. The van der Waals surface area contributed by atoms with Crippen molar-refractivity contribution in [1.29, 1.82) is 5.26 Å². The van der Waals surface area contributed by atoms with Gasteiger partial charge in [0, 0.05) is 32.2 Å². The lowest BCUT2D eigenvalue weighted by Gasteiger charge is -2.28. The maximum atomic E-state index is 13.4. The number of nitrogens with zero attached hydrogens (tertiary/aromatic N) is 4. The van der Waals surface area contributed by atoms with Gasteiger partial charge in [-0.25, -0.2) is 0 Å². The van der Waals surface area contributed by atoms with Crippen molar-refractivity contribution in [2.75, 3.05) is 24.5 Å². The van der Waals surface area contributed by atoms with Crippen molar-refractivity contribution in [2.45, 2.75) is 104 Å². The Kier molecular flexibility index (Phi) is 12.4. The van der Waals surface area contributed by atoms with Crippen LogP contribution in [0.15, 0.2) is 9.70 Å². The van der Waals surface area contributed by atoms with Gasteiger partial charge in [0.05, 0.1) is 4.91 Å². The second kappa shape index (κ2) is 15.5. The molecule has 1 amide bonds. The molecule has 8 heteroatoms. The number of carbonyl (C=O) groups is 1. The summed E-state index contributed by atoms with van der Waals surface area (Å²) in [7, 11) is 1.73. The zero-order valence-corrected chi connectivity index (χ0v) is 25.2. The molecule has 3 rings (SSSR count). The van der Waals surface area contributed by atoms with E-state index >= 15 is 0 Å². The number of rotatable bonds is 13. The summed E-state index contributed by atoms with van der Waals surface area (Å²) < 4.78 is 2.18. The van der Waals surface area contributed by atoms with E-state index in [0.29, 0.717) is 21.3 Å². The average molecular weight is 557 g/mol. The van der Waals surface area contributed by atoms with Crippen LogP contribution in [0.25, 0.3) is 6.08 Å². The quantitative estimate of drug-likeness (QED) is 0.147. The van der Waals surface area contributed by atoms with Gasteiger partial charge in [-0.15, -0.1) is 0 Å². The van der Waals surface area contributed by atoms with Gasteiger partial charge in [0.15, 0.2) is 0 Å². The van der Waals surface area contributed by atoms with Crippen LogP contribution in [0.4, 0.5) is 5.82 Å². The van der Waals surface area contributed by atoms with Gasteiger partial charge in [0.25, 0.3) is 11.5 Å². The summed E-state index contributed by atoms with van der Waals surface area (Å²) in [4.78, 5) is 30.9. The lowest BCUT2D eigenvalue weighted by atomic mass is 10.0. The molecule has 2 aliphatic rings. The molecule has 3 heterocycles. The molecule has 0 aromatic carbocycles. The van der Waals surface area contributed by atoms with E-state index in [9.17, 15) is 14.9 Å². The lowest BCUT2D eigenvalue weighted by Crippen LogP contribution is -2.34. The number of pyridine rings is 1. The summed E-state index contributed by atoms with van der Waals surface area (Å²) in [6.45, 7) is 6.43. The normalized spacial score (nSPS) is 17.4. The minimum absolute atomic E-state index is 0.0653. The zero-order valence-electron chi connectivity index (χ0n) is 23.5. The van der Waals surface area contributed by atoms with E-state index in [1.165, 1.54) is 76.0 Å². The fraction of sp³-hybridized carbons (Fsp3) is 0.667. The maximum absolute atomic E-state index is 13.4. The SMILES string of the molecule is CCCCCCCCCCCCN1C(=O)/C(=C/c2c(C)c(C#N)c(=O)n(C)c2N2CCCCCC2)SC1=S. The minimum Gasteiger partial charge on any atom is -0.357 e. The first-order chi connectivity index (χ1) is 18.4. The Labute approximate surface area is 238 Å². The third kappa shape index (κ3) is 7.72. The largest absolute Gasteiger partial charge is 0.357 e. The number of hydrogen-bond donors (Lipinski definition) is 0. The Hall–Kier alpha value is -2.11. The first-order valence-electron chi connectivity index (χ1n) is 14.5. The number of thioether (sulfide) groups is 1. The highest BCUT2D eigenvalue weighted by Gasteiger charge is 2.32. The maximum Gasteiger partial charge on any atom is 0.270 e. The summed E-state index contributed by atoms with van der Waals surface area (Å²) in [6, 6.07) is 2.09. The highest BCUT2D eigenvalue weighted by molar-refractivity contribution is 8.26. The van der Waals surface area contributed by atoms with Gasteiger partial charge >= 0.3 is 0 Å². The highest BCUT2D eigenvalue weighted by Crippen LogP contribution is 2.36. The Morgan fingerprint density at radius 2 is 1.53 bits per heavy atom. The predicted octanol–water partition coefficient (Wildman–Crippen LogP) is 7.07. The molecule has 2 fully saturated rings. The second-order valence-corrected chi connectivity index (χ2v) is 12.3. The molecule has 0 bridgehead atoms. The molecule has 0 spiro atoms. The van der Waals surface area contributed by atoms with E-state index in [1.54, 1.807) is 16.5 Å². The molecule has 6 nitrogen and oxygen atoms in total. The number of unbranched alkanes of at least 4 members (excludes halogenated alkanes) is 9. The molecule has 2 saturated heterocycles. The molecule has 0 unspecified atom stereocenters. The first-order valence-corrected chi connectivity index (χ1v) is 15.8. The van der Waals surface area contributed by atoms with E-state index in [-0.39, 0.29) is 17.0 Å². The molecular formula is C30H44N4O2S2. The van der Waals surface area contributed by atoms with Crippen LogP contribution in [0.1, 0.15) is 114 Å². The smallest absolute Gasteiger partial charge is 0.270 e. The summed E-state index contributed by atoms with van der Waals surface area (Å²) >= 11 is 6.92. The van der Waals surface area contributed by atoms with Crippen LogP contribution in [-0.4, -0.2) is 39.3 Å². The number of carbonyl (C=O) groups excluding carboxylic acids is 1. The van der Waals surface area contributed by atoms with Crippen LogP contribution < -0.4 is 10.5 Å². The van der Waals surface area contributed by atoms with Crippen LogP contribution in [0.2, 0.25) is 0 Å². The number of anilines is 1. The van der Waals surface area contributed by atoms with Crippen molar-refractivity contribution < 1.29 is 4.79 Å². The number of hydrogen-bond acceptors (Lipinski definition) is 6. The molecule has 0 N–H and O–H groups in total. The van der Waals surface area contributed by atoms with Crippen LogP contribution >= 0.6 is 24.0 Å². The Bertz CT molecular complexity index is 1110. The predicted molar refractivity (Wildman–Crippen MR) is 164 cm³/mol. The number of nitriles is 1. The molecule has 1 aromatic rings. The molecule has 2 aliphatic heterocycles. The molecule has 208 valence electrons. The monoisotopic (exact) mass is 556 g/mol. The minimum atomic E-state index is -0.282. The third-order valence-corrected chi connectivity index (χ3v) is 9.14. The topological polar surface area (TPSA) is 69.3 Å². The standard InChI is InChI=1S/C30H44N4O2S2/c1-4-5-6-7-8-9-10-11-12-17-20-34-29(36)26(38-30(34)37)21-24-23(2)25(22-31)28(35)32(3)27(24)33-18-15-13-14-16-19-33/h21H,4-20H2,1-3H3/b26-21-. The van der Waals surface area contributed by atoms with Crippen molar-refractivity contribution in [3.63, 3.8) is 0 Å². The molecule has 0 atom stereocenters. The van der Waals surface area contributed by atoms with Crippen LogP contribution in [-0.2, 0) is 11.8 Å². The van der Waals surface area contributed by atoms with Crippen molar-refractivity contribution in [1.82, 2.24) is 9.47 Å². The molecule has 38 heavy (non-hydrogen) atoms. The molecular weight excluding hydrogens is 512 g/mol. The second-order valence-electron chi connectivity index (χ2n) is 10.6. The van der Waals surface area contributed by atoms with Gasteiger partial charge in [-0.1, -0.05) is 102 Å². The molecule has 0 aliphatic carbocycles. The van der Waals surface area contributed by atoms with Gasteiger partial charge in [0.1, 0.15) is 21.8 Å². The zero-order chi connectivity index (χ0) is 27.5. The van der Waals surface area contributed by atoms with E-state index in [4.69, 9.17) is 12.2 Å². The van der Waals surface area contributed by atoms with E-state index in [2.05, 4.69) is 17.9 Å². The first kappa shape index (κ1) is 30.4. The van der Waals surface area contributed by atoms with Crippen molar-refractivity contribution in [2.24, 2.45) is 7.05 Å². The lowest BCUT2D eigenvalue weighted by molar-refractivity contribution is -0.122. The van der Waals surface area contributed by atoms with Gasteiger partial charge < -0.3 is 4.90 Å². The highest BCUT2D eigenvalue weighted by atomic mass is 32.2.